The van der Waals surface area contributed by atoms with E-state index in [-0.39, 0.29) is 5.91 Å². The molecule has 1 amide bonds. The summed E-state index contributed by atoms with van der Waals surface area (Å²) in [5.41, 5.74) is 1.04. The second kappa shape index (κ2) is 6.90. The number of hydrogen-bond acceptors (Lipinski definition) is 4. The van der Waals surface area contributed by atoms with Gasteiger partial charge in [-0.1, -0.05) is 67.3 Å². The monoisotopic (exact) mass is 369 g/mol. The molecule has 21 heavy (non-hydrogen) atoms. The van der Waals surface area contributed by atoms with Crippen molar-refractivity contribution in [3.8, 4) is 0 Å². The molecule has 4 nitrogen and oxygen atoms in total. The maximum absolute atomic E-state index is 12.1. The molecule has 1 atom stereocenters. The molecule has 0 fully saturated rings. The summed E-state index contributed by atoms with van der Waals surface area (Å²) in [6.45, 7) is 9.08. The van der Waals surface area contributed by atoms with Gasteiger partial charge in [0.2, 0.25) is 9.70 Å². The van der Waals surface area contributed by atoms with Gasteiger partial charge in [0.05, 0.1) is 0 Å². The molecular weight excluding hydrogens is 353 g/mol. The molecule has 0 saturated heterocycles. The molecule has 0 radical (unpaired) electrons. The van der Waals surface area contributed by atoms with E-state index in [1.54, 1.807) is 20.8 Å². The average Bonchev–Trinajstić information content (AvgIpc) is 2.23. The average molecular weight is 371 g/mol. The Labute approximate surface area is 144 Å². The summed E-state index contributed by atoms with van der Waals surface area (Å²) < 4.78 is -1.67. The summed E-state index contributed by atoms with van der Waals surface area (Å²) >= 11 is 19.0. The van der Waals surface area contributed by atoms with Crippen molar-refractivity contribution in [3.05, 3.63) is 17.5 Å². The number of carbonyl (C=O) groups is 1. The molecule has 1 N–H and O–H groups in total. The molecule has 1 heterocycles. The van der Waals surface area contributed by atoms with Crippen LogP contribution in [-0.4, -0.2) is 25.0 Å². The Bertz CT molecular complexity index is 506. The van der Waals surface area contributed by atoms with E-state index in [1.807, 2.05) is 19.9 Å². The molecule has 0 saturated carbocycles. The Balaban J connectivity index is 2.97. The molecule has 0 aromatic carbocycles. The lowest BCUT2D eigenvalue weighted by Crippen LogP contribution is -2.46. The number of alkyl halides is 3. The Morgan fingerprint density at radius 1 is 1.19 bits per heavy atom. The minimum atomic E-state index is -1.67. The van der Waals surface area contributed by atoms with Crippen molar-refractivity contribution in [2.75, 3.05) is 0 Å². The van der Waals surface area contributed by atoms with E-state index in [0.717, 1.165) is 23.1 Å². The van der Waals surface area contributed by atoms with Crippen molar-refractivity contribution in [2.24, 2.45) is 5.41 Å². The van der Waals surface area contributed by atoms with Crippen LogP contribution in [0, 0.1) is 19.3 Å². The van der Waals surface area contributed by atoms with Crippen LogP contribution >= 0.6 is 46.6 Å². The number of carbonyl (C=O) groups excluding carboxylic acids is 1. The molecule has 0 aliphatic rings. The van der Waals surface area contributed by atoms with Crippen LogP contribution in [0.15, 0.2) is 11.2 Å². The van der Waals surface area contributed by atoms with Crippen LogP contribution in [0.2, 0.25) is 0 Å². The van der Waals surface area contributed by atoms with E-state index >= 15 is 0 Å². The van der Waals surface area contributed by atoms with E-state index in [1.165, 1.54) is 0 Å². The topological polar surface area (TPSA) is 54.9 Å². The minimum absolute atomic E-state index is 0.212. The number of halogens is 3. The number of hydrogen-bond donors (Lipinski definition) is 1. The summed E-state index contributed by atoms with van der Waals surface area (Å²) in [6.07, 6.45) is 0. The molecule has 0 bridgehead atoms. The van der Waals surface area contributed by atoms with Crippen LogP contribution in [0.3, 0.4) is 0 Å². The summed E-state index contributed by atoms with van der Waals surface area (Å²) in [5, 5.41) is 2.41. The first-order valence-corrected chi connectivity index (χ1v) is 8.27. The van der Waals surface area contributed by atoms with Crippen molar-refractivity contribution in [1.82, 2.24) is 15.3 Å². The Morgan fingerprint density at radius 2 is 1.67 bits per heavy atom. The molecule has 118 valence electrons. The van der Waals surface area contributed by atoms with Crippen LogP contribution in [0.5, 0.6) is 0 Å². The second-order valence-corrected chi connectivity index (χ2v) is 9.14. The molecule has 1 aromatic rings. The van der Waals surface area contributed by atoms with Gasteiger partial charge in [-0.2, -0.15) is 0 Å². The Hall–Kier alpha value is -0.230. The van der Waals surface area contributed by atoms with E-state index in [2.05, 4.69) is 15.3 Å². The Kier molecular flexibility index (Phi) is 6.18. The second-order valence-electron chi connectivity index (χ2n) is 5.70. The van der Waals surface area contributed by atoms with Crippen molar-refractivity contribution >= 4 is 52.5 Å². The largest absolute Gasteiger partial charge is 0.339 e. The molecule has 0 spiro atoms. The highest BCUT2D eigenvalue weighted by molar-refractivity contribution is 8.00. The maximum atomic E-state index is 12.1. The molecule has 0 aliphatic heterocycles. The van der Waals surface area contributed by atoms with Crippen molar-refractivity contribution in [2.45, 2.75) is 48.9 Å². The minimum Gasteiger partial charge on any atom is -0.339 e. The van der Waals surface area contributed by atoms with Crippen LogP contribution in [-0.2, 0) is 4.79 Å². The SMILES string of the molecule is Cc1cc(C)nc(S[C@H](NC(=O)C(C)(C)C)C(Cl)(Cl)Cl)n1. The zero-order valence-corrected chi connectivity index (χ0v) is 15.6. The van der Waals surface area contributed by atoms with Gasteiger partial charge in [-0.3, -0.25) is 4.79 Å². The first-order valence-electron chi connectivity index (χ1n) is 6.26. The number of aromatic nitrogens is 2. The fourth-order valence-corrected chi connectivity index (χ4v) is 2.83. The van der Waals surface area contributed by atoms with Crippen molar-refractivity contribution in [3.63, 3.8) is 0 Å². The van der Waals surface area contributed by atoms with Gasteiger partial charge < -0.3 is 5.32 Å². The van der Waals surface area contributed by atoms with Gasteiger partial charge in [0.1, 0.15) is 5.37 Å². The highest BCUT2D eigenvalue weighted by Crippen LogP contribution is 2.38. The third-order valence-electron chi connectivity index (χ3n) is 2.43. The predicted octanol–water partition coefficient (Wildman–Crippen LogP) is 4.04. The normalized spacial score (nSPS) is 13.9. The first kappa shape index (κ1) is 18.8. The summed E-state index contributed by atoms with van der Waals surface area (Å²) in [5.74, 6) is -0.212. The molecular formula is C13H18Cl3N3OS. The standard InChI is InChI=1S/C13H18Cl3N3OS/c1-7-6-8(2)18-11(17-7)21-10(13(14,15)16)19-9(20)12(3,4)5/h6,10H,1-5H3,(H,19,20)/t10-/m0/s1. The number of nitrogens with one attached hydrogen (secondary N) is 1. The van der Waals surface area contributed by atoms with Gasteiger partial charge in [0.15, 0.2) is 5.16 Å². The highest BCUT2D eigenvalue weighted by Gasteiger charge is 2.37. The molecule has 1 rings (SSSR count). The van der Waals surface area contributed by atoms with Crippen molar-refractivity contribution < 1.29 is 4.79 Å². The van der Waals surface area contributed by atoms with Crippen molar-refractivity contribution in [1.29, 1.82) is 0 Å². The van der Waals surface area contributed by atoms with Crippen LogP contribution in [0.25, 0.3) is 0 Å². The van der Waals surface area contributed by atoms with Gasteiger partial charge in [-0.15, -0.1) is 0 Å². The molecule has 1 aromatic heterocycles. The number of aryl methyl sites for hydroxylation is 2. The van der Waals surface area contributed by atoms with Gasteiger partial charge in [0.25, 0.3) is 0 Å². The van der Waals surface area contributed by atoms with Gasteiger partial charge in [-0.05, 0) is 19.9 Å². The highest BCUT2D eigenvalue weighted by atomic mass is 35.6. The van der Waals surface area contributed by atoms with Gasteiger partial charge in [0, 0.05) is 16.8 Å². The van der Waals surface area contributed by atoms with Crippen LogP contribution in [0.4, 0.5) is 0 Å². The van der Waals surface area contributed by atoms with E-state index < -0.39 is 14.6 Å². The summed E-state index contributed by atoms with van der Waals surface area (Å²) in [4.78, 5) is 20.7. The van der Waals surface area contributed by atoms with E-state index in [4.69, 9.17) is 34.8 Å². The Morgan fingerprint density at radius 3 is 2.05 bits per heavy atom. The molecule has 0 unspecified atom stereocenters. The van der Waals surface area contributed by atoms with E-state index in [0.29, 0.717) is 5.16 Å². The first-order chi connectivity index (χ1) is 9.39. The number of nitrogens with zero attached hydrogens (tertiary/aromatic N) is 2. The fraction of sp³-hybridized carbons (Fsp3) is 0.615. The zero-order valence-electron chi connectivity index (χ0n) is 12.5. The molecule has 8 heteroatoms. The van der Waals surface area contributed by atoms with Crippen LogP contribution < -0.4 is 5.32 Å². The van der Waals surface area contributed by atoms with E-state index in [9.17, 15) is 4.79 Å². The third kappa shape index (κ3) is 6.19. The summed E-state index contributed by atoms with van der Waals surface area (Å²) in [6, 6.07) is 1.85. The quantitative estimate of drug-likeness (QED) is 0.377. The smallest absolute Gasteiger partial charge is 0.226 e. The number of thioether (sulfide) groups is 1. The lowest BCUT2D eigenvalue weighted by molar-refractivity contribution is -0.128. The fourth-order valence-electron chi connectivity index (χ4n) is 1.37. The molecule has 0 aliphatic carbocycles. The lowest BCUT2D eigenvalue weighted by atomic mass is 9.96. The summed E-state index contributed by atoms with van der Waals surface area (Å²) in [7, 11) is 0. The number of rotatable bonds is 3. The predicted molar refractivity (Wildman–Crippen MR) is 89.0 cm³/mol. The van der Waals surface area contributed by atoms with Gasteiger partial charge in [-0.25, -0.2) is 9.97 Å². The van der Waals surface area contributed by atoms with Gasteiger partial charge >= 0.3 is 0 Å². The zero-order chi connectivity index (χ0) is 16.4. The maximum Gasteiger partial charge on any atom is 0.226 e. The third-order valence-corrected chi connectivity index (χ3v) is 4.57. The van der Waals surface area contributed by atoms with Crippen LogP contribution in [0.1, 0.15) is 32.2 Å². The number of amides is 1. The lowest BCUT2D eigenvalue weighted by Gasteiger charge is -2.28.